The minimum absolute atomic E-state index is 0.315. The van der Waals surface area contributed by atoms with Gasteiger partial charge < -0.3 is 10.2 Å². The van der Waals surface area contributed by atoms with Crippen molar-refractivity contribution in [1.82, 2.24) is 0 Å². The van der Waals surface area contributed by atoms with Crippen LogP contribution in [0.5, 0.6) is 0 Å². The smallest absolute Gasteiger partial charge is 0.0935 e. The lowest BCUT2D eigenvalue weighted by atomic mass is 9.43. The minimum Gasteiger partial charge on any atom is -0.472 e. The predicted octanol–water partition coefficient (Wildman–Crippen LogP) is 3.76. The minimum atomic E-state index is 0.315. The molecule has 4 saturated carbocycles. The summed E-state index contributed by atoms with van der Waals surface area (Å²) >= 11 is 0. The molecule has 0 radical (unpaired) electrons. The van der Waals surface area contributed by atoms with Crippen molar-refractivity contribution >= 4 is 0 Å². The van der Waals surface area contributed by atoms with Gasteiger partial charge in [0.15, 0.2) is 0 Å². The Morgan fingerprint density at radius 3 is 2.63 bits per heavy atom. The van der Waals surface area contributed by atoms with Crippen molar-refractivity contribution in [3.63, 3.8) is 0 Å². The molecule has 2 N–H and O–H groups in total. The lowest BCUT2D eigenvalue weighted by Gasteiger charge is -2.63. The molecule has 3 unspecified atom stereocenters. The molecule has 1 heterocycles. The molecule has 0 amide bonds. The zero-order valence-corrected chi connectivity index (χ0v) is 11.9. The first-order valence-corrected chi connectivity index (χ1v) is 7.84. The maximum Gasteiger partial charge on any atom is 0.0935 e. The molecule has 1 aromatic rings. The fraction of sp³-hybridized carbons (Fsp3) is 0.765. The van der Waals surface area contributed by atoms with Gasteiger partial charge in [0.25, 0.3) is 0 Å². The van der Waals surface area contributed by atoms with Crippen molar-refractivity contribution in [2.24, 2.45) is 28.4 Å². The summed E-state index contributed by atoms with van der Waals surface area (Å²) in [4.78, 5) is 0. The summed E-state index contributed by atoms with van der Waals surface area (Å²) in [6, 6.07) is 2.39. The number of furan rings is 1. The monoisotopic (exact) mass is 259 g/mol. The molecule has 1 aromatic heterocycles. The van der Waals surface area contributed by atoms with E-state index in [1.165, 1.54) is 44.1 Å². The fourth-order valence-corrected chi connectivity index (χ4v) is 6.11. The number of hydrogen-bond acceptors (Lipinski definition) is 2. The maximum absolute atomic E-state index is 6.68. The van der Waals surface area contributed by atoms with Gasteiger partial charge in [-0.05, 0) is 79.2 Å². The SMILES string of the molecule is CC12CC3CC(C1)CC(C(N)Cc1ccoc1)(C3)C2. The average molecular weight is 259 g/mol. The first kappa shape index (κ1) is 12.0. The van der Waals surface area contributed by atoms with Gasteiger partial charge in [-0.3, -0.25) is 0 Å². The Hall–Kier alpha value is -0.760. The molecule has 19 heavy (non-hydrogen) atoms. The molecule has 0 aromatic carbocycles. The second kappa shape index (κ2) is 3.88. The van der Waals surface area contributed by atoms with Crippen LogP contribution in [0.2, 0.25) is 0 Å². The summed E-state index contributed by atoms with van der Waals surface area (Å²) in [5, 5.41) is 0. The van der Waals surface area contributed by atoms with Gasteiger partial charge in [-0.15, -0.1) is 0 Å². The second-order valence-electron chi connectivity index (χ2n) is 8.08. The Morgan fingerprint density at radius 1 is 1.32 bits per heavy atom. The first-order chi connectivity index (χ1) is 9.07. The van der Waals surface area contributed by atoms with E-state index >= 15 is 0 Å². The van der Waals surface area contributed by atoms with Crippen LogP contribution in [0.15, 0.2) is 23.0 Å². The van der Waals surface area contributed by atoms with E-state index in [4.69, 9.17) is 10.2 Å². The normalized spacial score (nSPS) is 45.6. The highest BCUT2D eigenvalue weighted by Crippen LogP contribution is 2.66. The van der Waals surface area contributed by atoms with E-state index < -0.39 is 0 Å². The van der Waals surface area contributed by atoms with E-state index in [2.05, 4.69) is 13.0 Å². The van der Waals surface area contributed by atoms with Crippen LogP contribution in [0.3, 0.4) is 0 Å². The lowest BCUT2D eigenvalue weighted by molar-refractivity contribution is -0.112. The second-order valence-corrected chi connectivity index (χ2v) is 8.08. The molecule has 4 aliphatic rings. The van der Waals surface area contributed by atoms with Crippen molar-refractivity contribution < 1.29 is 4.42 Å². The Morgan fingerprint density at radius 2 is 2.05 bits per heavy atom. The summed E-state index contributed by atoms with van der Waals surface area (Å²) < 4.78 is 5.20. The third-order valence-electron chi connectivity index (χ3n) is 6.22. The van der Waals surface area contributed by atoms with Crippen LogP contribution in [0.1, 0.15) is 51.0 Å². The van der Waals surface area contributed by atoms with E-state index in [0.29, 0.717) is 16.9 Å². The van der Waals surface area contributed by atoms with Crippen molar-refractivity contribution in [2.75, 3.05) is 0 Å². The molecule has 4 fully saturated rings. The summed E-state index contributed by atoms with van der Waals surface area (Å²) in [6.07, 6.45) is 13.2. The Labute approximate surface area is 115 Å². The van der Waals surface area contributed by atoms with Crippen LogP contribution < -0.4 is 5.73 Å². The standard InChI is InChI=1S/C17H25NO/c1-16-6-13-4-14(7-16)9-17(8-13,11-16)15(18)5-12-2-3-19-10-12/h2-3,10,13-15H,4-9,11,18H2,1H3. The van der Waals surface area contributed by atoms with Gasteiger partial charge in [0.1, 0.15) is 0 Å². The van der Waals surface area contributed by atoms with Crippen LogP contribution >= 0.6 is 0 Å². The third kappa shape index (κ3) is 1.87. The molecule has 0 saturated heterocycles. The molecule has 0 spiro atoms. The van der Waals surface area contributed by atoms with E-state index in [1.54, 1.807) is 6.26 Å². The van der Waals surface area contributed by atoms with Gasteiger partial charge in [-0.1, -0.05) is 6.92 Å². The molecule has 2 nitrogen and oxygen atoms in total. The average Bonchev–Trinajstić information content (AvgIpc) is 2.78. The quantitative estimate of drug-likeness (QED) is 0.897. The Kier molecular flexibility index (Phi) is 2.45. The number of hydrogen-bond donors (Lipinski definition) is 1. The van der Waals surface area contributed by atoms with Gasteiger partial charge >= 0.3 is 0 Å². The van der Waals surface area contributed by atoms with E-state index in [9.17, 15) is 0 Å². The van der Waals surface area contributed by atoms with E-state index in [1.807, 2.05) is 6.26 Å². The zero-order valence-electron chi connectivity index (χ0n) is 11.9. The first-order valence-electron chi connectivity index (χ1n) is 7.84. The Balaban J connectivity index is 1.59. The molecule has 104 valence electrons. The van der Waals surface area contributed by atoms with Gasteiger partial charge in [0, 0.05) is 6.04 Å². The molecule has 2 heteroatoms. The fourth-order valence-electron chi connectivity index (χ4n) is 6.11. The highest BCUT2D eigenvalue weighted by Gasteiger charge is 2.57. The molecule has 4 aliphatic carbocycles. The molecular formula is C17H25NO. The lowest BCUT2D eigenvalue weighted by Crippen LogP contribution is -2.58. The van der Waals surface area contributed by atoms with Gasteiger partial charge in [0.05, 0.1) is 12.5 Å². The topological polar surface area (TPSA) is 39.2 Å². The van der Waals surface area contributed by atoms with E-state index in [0.717, 1.165) is 18.3 Å². The molecular weight excluding hydrogens is 234 g/mol. The third-order valence-corrected chi connectivity index (χ3v) is 6.22. The van der Waals surface area contributed by atoms with Crippen molar-refractivity contribution in [3.8, 4) is 0 Å². The highest BCUT2D eigenvalue weighted by atomic mass is 16.3. The van der Waals surface area contributed by atoms with Crippen molar-refractivity contribution in [3.05, 3.63) is 24.2 Å². The van der Waals surface area contributed by atoms with Crippen LogP contribution in [-0.4, -0.2) is 6.04 Å². The Bertz CT molecular complexity index is 450. The number of nitrogens with two attached hydrogens (primary N) is 1. The molecule has 4 bridgehead atoms. The van der Waals surface area contributed by atoms with Gasteiger partial charge in [0.2, 0.25) is 0 Å². The van der Waals surface area contributed by atoms with Crippen LogP contribution in [0, 0.1) is 22.7 Å². The molecule has 3 atom stereocenters. The number of rotatable bonds is 3. The summed E-state index contributed by atoms with van der Waals surface area (Å²) in [5.41, 5.74) is 8.97. The van der Waals surface area contributed by atoms with Gasteiger partial charge in [-0.25, -0.2) is 0 Å². The zero-order chi connectivity index (χ0) is 13.1. The molecule has 0 aliphatic heterocycles. The predicted molar refractivity (Wildman–Crippen MR) is 75.6 cm³/mol. The summed E-state index contributed by atoms with van der Waals surface area (Å²) in [5.74, 6) is 1.92. The van der Waals surface area contributed by atoms with Crippen molar-refractivity contribution in [2.45, 2.75) is 57.9 Å². The maximum atomic E-state index is 6.68. The highest BCUT2D eigenvalue weighted by molar-refractivity contribution is 5.14. The van der Waals surface area contributed by atoms with Crippen LogP contribution in [-0.2, 0) is 6.42 Å². The van der Waals surface area contributed by atoms with Crippen molar-refractivity contribution in [1.29, 1.82) is 0 Å². The summed E-state index contributed by atoms with van der Waals surface area (Å²) in [7, 11) is 0. The van der Waals surface area contributed by atoms with E-state index in [-0.39, 0.29) is 0 Å². The largest absolute Gasteiger partial charge is 0.472 e. The molecule has 5 rings (SSSR count). The van der Waals surface area contributed by atoms with Crippen LogP contribution in [0.25, 0.3) is 0 Å². The summed E-state index contributed by atoms with van der Waals surface area (Å²) in [6.45, 7) is 2.52. The van der Waals surface area contributed by atoms with Crippen LogP contribution in [0.4, 0.5) is 0 Å². The van der Waals surface area contributed by atoms with Gasteiger partial charge in [-0.2, -0.15) is 0 Å².